The summed E-state index contributed by atoms with van der Waals surface area (Å²) in [7, 11) is 0. The molecule has 376 valence electrons. The van der Waals surface area contributed by atoms with Gasteiger partial charge in [-0.1, -0.05) is 152 Å². The summed E-state index contributed by atoms with van der Waals surface area (Å²) in [6.45, 7) is -0.453. The molecule has 0 radical (unpaired) electrons. The minimum Gasteiger partial charge on any atom is -0.484 e. The lowest BCUT2D eigenvalue weighted by Gasteiger charge is -2.27. The maximum Gasteiger partial charge on any atom is 0.326 e. The molecule has 0 unspecified atom stereocenters. The zero-order chi connectivity index (χ0) is 51.7. The third kappa shape index (κ3) is 14.8. The van der Waals surface area contributed by atoms with Gasteiger partial charge >= 0.3 is 5.97 Å². The van der Waals surface area contributed by atoms with E-state index >= 15 is 0 Å². The predicted octanol–water partition coefficient (Wildman–Crippen LogP) is 6.61. The average Bonchev–Trinajstić information content (AvgIpc) is 3.43. The van der Waals surface area contributed by atoms with Gasteiger partial charge in [0.25, 0.3) is 5.91 Å². The molecule has 2 aliphatic heterocycles. The smallest absolute Gasteiger partial charge is 0.326 e. The number of carboxylic acids is 1. The molecule has 0 fully saturated rings. The maximum atomic E-state index is 14.9. The van der Waals surface area contributed by atoms with E-state index in [0.29, 0.717) is 29.7 Å². The van der Waals surface area contributed by atoms with Crippen LogP contribution in [0.5, 0.6) is 5.75 Å². The number of rotatable bonds is 15. The topological polar surface area (TPSA) is 205 Å². The fraction of sp³-hybridized carbons (Fsp3) is 0.217. The first-order chi connectivity index (χ1) is 36.0. The number of carbonyl (C=O) groups excluding carboxylic acids is 5. The lowest BCUT2D eigenvalue weighted by Crippen LogP contribution is -2.59. The zero-order valence-corrected chi connectivity index (χ0v) is 40.7. The SMILES string of the molecule is O=C1COc2ccc(cc2)C[C@@H](C(=O)N[C@H](CCc2ccccc2)C(=O)O)NC(=O)[C@H](CCc2ccccc2)NC(=O)[C@@H](Cc2ccc(-c3ccccc3)cc2)NC(=O)[C@H](Cc2ccc(-c3ccncc3)cc2)N1. The largest absolute Gasteiger partial charge is 0.484 e. The Kier molecular flexibility index (Phi) is 17.7. The first-order valence-electron chi connectivity index (χ1n) is 24.7. The van der Waals surface area contributed by atoms with E-state index in [1.165, 1.54) is 0 Å². The molecular formula is C60H58N6O8. The number of carboxylic acid groups (broad SMARTS) is 1. The van der Waals surface area contributed by atoms with E-state index in [-0.39, 0.29) is 32.1 Å². The number of hydrogen-bond acceptors (Lipinski definition) is 8. The normalized spacial score (nSPS) is 17.9. The molecule has 9 rings (SSSR count). The third-order valence-corrected chi connectivity index (χ3v) is 12.9. The van der Waals surface area contributed by atoms with Gasteiger partial charge in [0.1, 0.15) is 36.0 Å². The molecule has 6 aromatic carbocycles. The van der Waals surface area contributed by atoms with Crippen molar-refractivity contribution < 1.29 is 38.6 Å². The molecule has 7 aromatic rings. The van der Waals surface area contributed by atoms with Gasteiger partial charge in [-0.3, -0.25) is 29.0 Å². The number of aryl methyl sites for hydroxylation is 2. The molecule has 14 nitrogen and oxygen atoms in total. The van der Waals surface area contributed by atoms with E-state index in [4.69, 9.17) is 4.74 Å². The molecule has 5 atom stereocenters. The van der Waals surface area contributed by atoms with Gasteiger partial charge in [0.05, 0.1) is 0 Å². The number of benzene rings is 6. The number of aromatic nitrogens is 1. The van der Waals surface area contributed by atoms with Crippen LogP contribution in [0, 0.1) is 0 Å². The maximum absolute atomic E-state index is 14.9. The average molecular weight is 991 g/mol. The van der Waals surface area contributed by atoms with Crippen molar-refractivity contribution in [1.29, 1.82) is 0 Å². The Balaban J connectivity index is 1.11. The molecule has 0 saturated carbocycles. The van der Waals surface area contributed by atoms with Gasteiger partial charge in [-0.15, -0.1) is 0 Å². The van der Waals surface area contributed by atoms with Crippen LogP contribution in [0.15, 0.2) is 188 Å². The highest BCUT2D eigenvalue weighted by Crippen LogP contribution is 2.22. The van der Waals surface area contributed by atoms with Crippen LogP contribution >= 0.6 is 0 Å². The first-order valence-corrected chi connectivity index (χ1v) is 24.7. The van der Waals surface area contributed by atoms with Crippen LogP contribution in [0.3, 0.4) is 0 Å². The van der Waals surface area contributed by atoms with E-state index in [2.05, 4.69) is 31.6 Å². The molecule has 6 N–H and O–H groups in total. The van der Waals surface area contributed by atoms with Crippen LogP contribution in [0.2, 0.25) is 0 Å². The summed E-state index contributed by atoms with van der Waals surface area (Å²) in [6.07, 6.45) is 4.31. The van der Waals surface area contributed by atoms with Crippen molar-refractivity contribution in [3.05, 3.63) is 216 Å². The second-order valence-corrected chi connectivity index (χ2v) is 18.3. The van der Waals surface area contributed by atoms with Gasteiger partial charge in [0.2, 0.25) is 23.6 Å². The molecule has 1 aromatic heterocycles. The van der Waals surface area contributed by atoms with E-state index < -0.39 is 72.3 Å². The third-order valence-electron chi connectivity index (χ3n) is 12.9. The molecule has 0 spiro atoms. The Labute approximate surface area is 430 Å². The monoisotopic (exact) mass is 990 g/mol. The Morgan fingerprint density at radius 2 is 1.03 bits per heavy atom. The fourth-order valence-corrected chi connectivity index (χ4v) is 8.81. The number of amides is 5. The predicted molar refractivity (Wildman–Crippen MR) is 281 cm³/mol. The van der Waals surface area contributed by atoms with Crippen molar-refractivity contribution in [1.82, 2.24) is 31.6 Å². The quantitative estimate of drug-likeness (QED) is 0.0611. The van der Waals surface area contributed by atoms with Crippen molar-refractivity contribution in [3.8, 4) is 28.0 Å². The van der Waals surface area contributed by atoms with Crippen LogP contribution in [0.1, 0.15) is 40.7 Å². The highest BCUT2D eigenvalue weighted by molar-refractivity contribution is 5.96. The molecule has 74 heavy (non-hydrogen) atoms. The summed E-state index contributed by atoms with van der Waals surface area (Å²) < 4.78 is 5.88. The lowest BCUT2D eigenvalue weighted by molar-refractivity contribution is -0.142. The standard InChI is InChI=1S/C60H58N6O8/c67-55-39-74-49-28-20-44(21-29-49)38-54(59(71)64-51(60(72)73)31-23-41-12-6-2-7-13-41)65-56(68)50(30-22-40-10-4-1-5-11-40)63-58(70)53(37-43-16-24-46(25-17-43)45-14-8-3-9-15-45)66-57(69)52(62-55)36-42-18-26-47(27-19-42)48-32-34-61-35-33-48/h1-21,24-29,32-35,50-54H,22-23,30-31,36-39H2,(H,62,67)(H,63,70)(H,64,71)(H,65,68)(H,66,69)(H,72,73)/t50-,51+,52-,53+,54-/m0/s1. The van der Waals surface area contributed by atoms with E-state index in [1.54, 1.807) is 36.7 Å². The van der Waals surface area contributed by atoms with Crippen molar-refractivity contribution in [2.75, 3.05) is 6.61 Å². The summed E-state index contributed by atoms with van der Waals surface area (Å²) in [5.74, 6) is -4.28. The van der Waals surface area contributed by atoms with Gasteiger partial charge in [-0.25, -0.2) is 4.79 Å². The van der Waals surface area contributed by atoms with E-state index in [0.717, 1.165) is 38.9 Å². The number of nitrogens with zero attached hydrogens (tertiary/aromatic N) is 1. The lowest BCUT2D eigenvalue weighted by atomic mass is 9.98. The molecule has 3 heterocycles. The second kappa shape index (κ2) is 25.5. The summed E-state index contributed by atoms with van der Waals surface area (Å²) in [4.78, 5) is 89.0. The van der Waals surface area contributed by atoms with Crippen LogP contribution in [-0.2, 0) is 60.9 Å². The number of nitrogens with one attached hydrogen (secondary N) is 5. The summed E-state index contributed by atoms with van der Waals surface area (Å²) in [6, 6.07) is 47.8. The second-order valence-electron chi connectivity index (χ2n) is 18.3. The number of hydrogen-bond donors (Lipinski definition) is 6. The van der Waals surface area contributed by atoms with E-state index in [1.807, 2.05) is 152 Å². The van der Waals surface area contributed by atoms with Crippen molar-refractivity contribution in [3.63, 3.8) is 0 Å². The van der Waals surface area contributed by atoms with Gasteiger partial charge in [0, 0.05) is 31.7 Å². The molecular weight excluding hydrogens is 933 g/mol. The van der Waals surface area contributed by atoms with Crippen molar-refractivity contribution in [2.24, 2.45) is 0 Å². The van der Waals surface area contributed by atoms with Gasteiger partial charge in [-0.2, -0.15) is 0 Å². The van der Waals surface area contributed by atoms with E-state index in [9.17, 15) is 33.9 Å². The highest BCUT2D eigenvalue weighted by Gasteiger charge is 2.33. The Hall–Kier alpha value is -8.91. The van der Waals surface area contributed by atoms with Gasteiger partial charge in [0.15, 0.2) is 6.61 Å². The number of pyridine rings is 1. The van der Waals surface area contributed by atoms with Crippen molar-refractivity contribution in [2.45, 2.75) is 75.2 Å². The summed E-state index contributed by atoms with van der Waals surface area (Å²) >= 11 is 0. The minimum absolute atomic E-state index is 0.00262. The van der Waals surface area contributed by atoms with Gasteiger partial charge in [-0.05, 0) is 100 Å². The van der Waals surface area contributed by atoms with Gasteiger partial charge < -0.3 is 36.4 Å². The molecule has 0 aliphatic carbocycles. The number of aliphatic carboxylic acids is 1. The van der Waals surface area contributed by atoms with Crippen molar-refractivity contribution >= 4 is 35.5 Å². The summed E-state index contributed by atoms with van der Waals surface area (Å²) in [5.41, 5.74) is 7.64. The first kappa shape index (κ1) is 51.4. The Morgan fingerprint density at radius 1 is 0.541 bits per heavy atom. The number of fused-ring (bicyclic) bond motifs is 16. The molecule has 2 aliphatic rings. The number of carbonyl (C=O) groups is 6. The summed E-state index contributed by atoms with van der Waals surface area (Å²) in [5, 5.41) is 24.4. The number of ether oxygens (including phenoxy) is 1. The zero-order valence-electron chi connectivity index (χ0n) is 40.7. The fourth-order valence-electron chi connectivity index (χ4n) is 8.81. The van der Waals surface area contributed by atoms with Crippen LogP contribution in [0.4, 0.5) is 0 Å². The minimum atomic E-state index is -1.30. The van der Waals surface area contributed by atoms with Crippen LogP contribution in [-0.4, -0.2) is 82.4 Å². The molecule has 0 saturated heterocycles. The molecule has 14 heteroatoms. The Bertz CT molecular complexity index is 2980. The molecule has 5 amide bonds. The molecule has 2 bridgehead atoms. The van der Waals surface area contributed by atoms with Crippen LogP contribution < -0.4 is 31.3 Å². The van der Waals surface area contributed by atoms with Crippen LogP contribution in [0.25, 0.3) is 22.3 Å². The highest BCUT2D eigenvalue weighted by atomic mass is 16.5. The Morgan fingerprint density at radius 3 is 1.59 bits per heavy atom.